The van der Waals surface area contributed by atoms with Gasteiger partial charge >= 0.3 is 0 Å². The fraction of sp³-hybridized carbons (Fsp3) is 0.368. The first kappa shape index (κ1) is 15.9. The van der Waals surface area contributed by atoms with Crippen LogP contribution in [0.2, 0.25) is 0 Å². The molecule has 3 heterocycles. The van der Waals surface area contributed by atoms with E-state index in [1.807, 2.05) is 12.1 Å². The molecule has 0 aliphatic carbocycles. The van der Waals surface area contributed by atoms with Gasteiger partial charge in [-0.3, -0.25) is 10.0 Å². The maximum absolute atomic E-state index is 11.7. The molecule has 130 valence electrons. The monoisotopic (exact) mass is 338 g/mol. The van der Waals surface area contributed by atoms with E-state index in [-0.39, 0.29) is 0 Å². The molecule has 2 atom stereocenters. The molecule has 6 nitrogen and oxygen atoms in total. The second-order valence-electron chi connectivity index (χ2n) is 6.64. The maximum Gasteiger partial charge on any atom is 0.276 e. The molecule has 2 N–H and O–H groups in total. The Kier molecular flexibility index (Phi) is 4.28. The average Bonchev–Trinajstić information content (AvgIpc) is 2.75. The summed E-state index contributed by atoms with van der Waals surface area (Å²) < 4.78 is 0. The second kappa shape index (κ2) is 6.72. The highest BCUT2D eigenvalue weighted by Crippen LogP contribution is 2.38. The van der Waals surface area contributed by atoms with E-state index < -0.39 is 5.91 Å². The first-order valence-electron chi connectivity index (χ1n) is 8.74. The number of likely N-dealkylation sites (tertiary alicyclic amines) is 1. The number of nitrogens with one attached hydrogen (secondary N) is 1. The smallest absolute Gasteiger partial charge is 0.276 e. The van der Waals surface area contributed by atoms with Crippen LogP contribution in [0.15, 0.2) is 59.2 Å². The Hall–Kier alpha value is -2.60. The molecule has 3 aliphatic heterocycles. The molecule has 0 saturated carbocycles. The molecule has 2 saturated heterocycles. The third kappa shape index (κ3) is 2.93. The van der Waals surface area contributed by atoms with Gasteiger partial charge in [0.15, 0.2) is 0 Å². The fourth-order valence-electron chi connectivity index (χ4n) is 3.72. The molecular weight excluding hydrogens is 316 g/mol. The van der Waals surface area contributed by atoms with Gasteiger partial charge in [-0.1, -0.05) is 30.4 Å². The van der Waals surface area contributed by atoms with Gasteiger partial charge in [-0.2, -0.15) is 0 Å². The quantitative estimate of drug-likeness (QED) is 0.640. The number of piperazine rings is 1. The lowest BCUT2D eigenvalue weighted by atomic mass is 9.84. The van der Waals surface area contributed by atoms with E-state index in [9.17, 15) is 4.79 Å². The van der Waals surface area contributed by atoms with E-state index in [4.69, 9.17) is 5.21 Å². The number of hydrogen-bond donors (Lipinski definition) is 2. The van der Waals surface area contributed by atoms with Gasteiger partial charge in [0.25, 0.3) is 5.91 Å². The Bertz CT molecular complexity index is 741. The normalized spacial score (nSPS) is 28.7. The van der Waals surface area contributed by atoms with E-state index in [0.717, 1.165) is 38.2 Å². The third-order valence-electron chi connectivity index (χ3n) is 5.22. The Morgan fingerprint density at radius 3 is 2.64 bits per heavy atom. The summed E-state index contributed by atoms with van der Waals surface area (Å²) in [6, 6.07) is 11.6. The summed E-state index contributed by atoms with van der Waals surface area (Å²) in [6.45, 7) is 1.99. The summed E-state index contributed by atoms with van der Waals surface area (Å²) in [7, 11) is 0. The summed E-state index contributed by atoms with van der Waals surface area (Å²) >= 11 is 0. The molecule has 0 bridgehead atoms. The molecule has 3 aliphatic rings. The van der Waals surface area contributed by atoms with Crippen molar-refractivity contribution in [3.8, 4) is 0 Å². The second-order valence-corrected chi connectivity index (χ2v) is 6.64. The number of amidine groups is 1. The number of allylic oxidation sites excluding steroid dienone is 1. The van der Waals surface area contributed by atoms with Crippen LogP contribution in [0.3, 0.4) is 0 Å². The number of hydroxylamine groups is 1. The zero-order valence-corrected chi connectivity index (χ0v) is 14.0. The summed E-state index contributed by atoms with van der Waals surface area (Å²) in [6.07, 6.45) is 8.05. The first-order chi connectivity index (χ1) is 12.3. The van der Waals surface area contributed by atoms with Gasteiger partial charge in [-0.25, -0.2) is 10.5 Å². The van der Waals surface area contributed by atoms with Crippen LogP contribution in [0, 0.1) is 0 Å². The lowest BCUT2D eigenvalue weighted by Crippen LogP contribution is -2.80. The maximum atomic E-state index is 11.7. The zero-order valence-electron chi connectivity index (χ0n) is 14.0. The van der Waals surface area contributed by atoms with Gasteiger partial charge in [-0.05, 0) is 25.0 Å². The van der Waals surface area contributed by atoms with Gasteiger partial charge in [0.1, 0.15) is 5.84 Å². The van der Waals surface area contributed by atoms with Crippen LogP contribution < -0.4 is 10.4 Å². The Morgan fingerprint density at radius 1 is 1.16 bits per heavy atom. The number of nitrogens with zero attached hydrogens (tertiary/aromatic N) is 3. The minimum Gasteiger partial charge on any atom is -0.362 e. The SMILES string of the molecule is O=C(NO)C1=C/N=C(N2C[C@@H]3C2CN3c2ccccc2)CCC/C=C\1. The molecular formula is C19H22N4O2. The molecule has 0 radical (unpaired) electrons. The van der Waals surface area contributed by atoms with Crippen molar-refractivity contribution in [2.45, 2.75) is 31.3 Å². The van der Waals surface area contributed by atoms with Crippen LogP contribution in [0.1, 0.15) is 19.3 Å². The molecule has 2 fully saturated rings. The number of para-hydroxylation sites is 1. The average molecular weight is 338 g/mol. The number of carbonyl (C=O) groups is 1. The first-order valence-corrected chi connectivity index (χ1v) is 8.74. The van der Waals surface area contributed by atoms with E-state index in [2.05, 4.69) is 39.1 Å². The highest BCUT2D eigenvalue weighted by Gasteiger charge is 2.52. The summed E-state index contributed by atoms with van der Waals surface area (Å²) in [5.41, 5.74) is 3.34. The molecule has 25 heavy (non-hydrogen) atoms. The van der Waals surface area contributed by atoms with E-state index in [1.165, 1.54) is 5.69 Å². The van der Waals surface area contributed by atoms with E-state index in [0.29, 0.717) is 17.7 Å². The lowest BCUT2D eigenvalue weighted by molar-refractivity contribution is -0.124. The number of carbonyl (C=O) groups excluding carboxylic acids is 1. The molecule has 1 amide bonds. The molecule has 0 aromatic heterocycles. The standard InChI is InChI=1S/C19H22N4O2/c24-19(21-25)14-7-3-1-6-10-18(20-11-14)23-13-16-17(23)12-22(16)15-8-4-2-5-9-15/h2-5,7-9,11,16-17,25H,1,6,10,12-13H2,(H,21,24)/b7-3-,14-11+,20-18?/t16-,17?/m1/s1. The third-order valence-corrected chi connectivity index (χ3v) is 5.22. The minimum absolute atomic E-state index is 0.374. The van der Waals surface area contributed by atoms with E-state index >= 15 is 0 Å². The molecule has 6 heteroatoms. The van der Waals surface area contributed by atoms with E-state index in [1.54, 1.807) is 17.8 Å². The van der Waals surface area contributed by atoms with Crippen LogP contribution in [0.4, 0.5) is 5.69 Å². The number of fused-ring (bicyclic) bond motifs is 1. The Morgan fingerprint density at radius 2 is 1.92 bits per heavy atom. The van der Waals surface area contributed by atoms with Crippen molar-refractivity contribution >= 4 is 17.4 Å². The largest absolute Gasteiger partial charge is 0.362 e. The molecule has 4 rings (SSSR count). The molecule has 1 aromatic carbocycles. The van der Waals surface area contributed by atoms with Crippen molar-refractivity contribution in [1.82, 2.24) is 10.4 Å². The van der Waals surface area contributed by atoms with Gasteiger partial charge in [0, 0.05) is 31.4 Å². The summed E-state index contributed by atoms with van der Waals surface area (Å²) in [5, 5.41) is 8.84. The van der Waals surface area contributed by atoms with Crippen molar-refractivity contribution in [1.29, 1.82) is 0 Å². The van der Waals surface area contributed by atoms with Crippen LogP contribution in [0.25, 0.3) is 0 Å². The highest BCUT2D eigenvalue weighted by molar-refractivity contribution is 5.96. The number of amides is 1. The summed E-state index contributed by atoms with van der Waals surface area (Å²) in [5.74, 6) is 0.516. The highest BCUT2D eigenvalue weighted by atomic mass is 16.5. The number of hydrogen-bond acceptors (Lipinski definition) is 5. The summed E-state index contributed by atoms with van der Waals surface area (Å²) in [4.78, 5) is 21.0. The van der Waals surface area contributed by atoms with Crippen molar-refractivity contribution < 1.29 is 10.0 Å². The Balaban J connectivity index is 1.46. The molecule has 1 aromatic rings. The molecule has 1 unspecified atom stereocenters. The van der Waals surface area contributed by atoms with Gasteiger partial charge in [0.2, 0.25) is 0 Å². The van der Waals surface area contributed by atoms with Crippen LogP contribution in [0.5, 0.6) is 0 Å². The van der Waals surface area contributed by atoms with Crippen LogP contribution >= 0.6 is 0 Å². The minimum atomic E-state index is -0.526. The fourth-order valence-corrected chi connectivity index (χ4v) is 3.72. The number of anilines is 1. The van der Waals surface area contributed by atoms with Gasteiger partial charge in [-0.15, -0.1) is 0 Å². The van der Waals surface area contributed by atoms with Gasteiger partial charge in [0.05, 0.1) is 17.7 Å². The molecule has 0 spiro atoms. The van der Waals surface area contributed by atoms with Crippen molar-refractivity contribution in [2.75, 3.05) is 18.0 Å². The zero-order chi connectivity index (χ0) is 17.2. The van der Waals surface area contributed by atoms with Gasteiger partial charge < -0.3 is 9.80 Å². The predicted molar refractivity (Wildman–Crippen MR) is 96.5 cm³/mol. The predicted octanol–water partition coefficient (Wildman–Crippen LogP) is 2.09. The topological polar surface area (TPSA) is 68.2 Å². The van der Waals surface area contributed by atoms with Crippen molar-refractivity contribution in [2.24, 2.45) is 4.99 Å². The van der Waals surface area contributed by atoms with Crippen molar-refractivity contribution in [3.05, 3.63) is 54.3 Å². The van der Waals surface area contributed by atoms with Crippen molar-refractivity contribution in [3.63, 3.8) is 0 Å². The van der Waals surface area contributed by atoms with Crippen LogP contribution in [-0.4, -0.2) is 47.0 Å². The lowest BCUT2D eigenvalue weighted by Gasteiger charge is -2.63. The Labute approximate surface area is 147 Å². The number of aliphatic imine (C=N–C) groups is 1. The number of benzene rings is 1. The number of rotatable bonds is 2. The van der Waals surface area contributed by atoms with Crippen LogP contribution in [-0.2, 0) is 4.79 Å².